The van der Waals surface area contributed by atoms with E-state index in [-0.39, 0.29) is 24.5 Å². The van der Waals surface area contributed by atoms with Gasteiger partial charge in [-0.25, -0.2) is 4.79 Å². The lowest BCUT2D eigenvalue weighted by molar-refractivity contribution is -0.129. The predicted molar refractivity (Wildman–Crippen MR) is 68.8 cm³/mol. The van der Waals surface area contributed by atoms with Crippen LogP contribution in [0.1, 0.15) is 30.7 Å². The van der Waals surface area contributed by atoms with Gasteiger partial charge in [0.05, 0.1) is 0 Å². The van der Waals surface area contributed by atoms with Crippen LogP contribution >= 0.6 is 0 Å². The van der Waals surface area contributed by atoms with E-state index >= 15 is 0 Å². The average Bonchev–Trinajstić information content (AvgIpc) is 2.37. The molecule has 0 aromatic heterocycles. The summed E-state index contributed by atoms with van der Waals surface area (Å²) in [4.78, 5) is 10.7. The highest BCUT2D eigenvalue weighted by molar-refractivity contribution is 6.34. The van der Waals surface area contributed by atoms with Crippen LogP contribution in [0, 0.1) is 5.41 Å². The molecule has 0 spiro atoms. The second-order valence-electron chi connectivity index (χ2n) is 4.27. The summed E-state index contributed by atoms with van der Waals surface area (Å²) in [6.07, 6.45) is 0.780. The minimum Gasteiger partial charge on any atom is -0.504 e. The standard InChI is InChI=1S/C13H17NO5/c14-10(13(18)19)7-8(3-2-6-15)9-4-1-5-11(16)12(9)17/h1,4-5,8,14-17H,2-3,6-7H2,(H,18,19). The van der Waals surface area contributed by atoms with Gasteiger partial charge in [0.2, 0.25) is 0 Å². The molecule has 19 heavy (non-hydrogen) atoms. The number of carbonyl (C=O) groups is 1. The summed E-state index contributed by atoms with van der Waals surface area (Å²) in [5.41, 5.74) is -0.0786. The maximum atomic E-state index is 10.7. The summed E-state index contributed by atoms with van der Waals surface area (Å²) in [5.74, 6) is -2.33. The van der Waals surface area contributed by atoms with Crippen molar-refractivity contribution in [3.63, 3.8) is 0 Å². The molecule has 0 aliphatic rings. The third-order valence-corrected chi connectivity index (χ3v) is 2.91. The molecule has 0 aliphatic carbocycles. The first-order valence-corrected chi connectivity index (χ1v) is 5.89. The second-order valence-corrected chi connectivity index (χ2v) is 4.27. The number of carboxylic acid groups (broad SMARTS) is 1. The molecule has 0 saturated heterocycles. The van der Waals surface area contributed by atoms with Crippen molar-refractivity contribution in [2.24, 2.45) is 0 Å². The molecule has 1 aromatic carbocycles. The lowest BCUT2D eigenvalue weighted by Crippen LogP contribution is -2.16. The Morgan fingerprint density at radius 2 is 2.00 bits per heavy atom. The molecule has 5 N–H and O–H groups in total. The van der Waals surface area contributed by atoms with Gasteiger partial charge < -0.3 is 20.4 Å². The first kappa shape index (κ1) is 15.0. The molecule has 0 heterocycles. The van der Waals surface area contributed by atoms with Crippen LogP contribution in [-0.4, -0.2) is 38.7 Å². The number of phenols is 2. The van der Waals surface area contributed by atoms with Gasteiger partial charge in [0.1, 0.15) is 5.71 Å². The van der Waals surface area contributed by atoms with E-state index in [1.54, 1.807) is 12.1 Å². The zero-order valence-corrected chi connectivity index (χ0v) is 10.3. The Morgan fingerprint density at radius 1 is 1.32 bits per heavy atom. The average molecular weight is 267 g/mol. The predicted octanol–water partition coefficient (Wildman–Crippen LogP) is 1.45. The molecule has 0 radical (unpaired) electrons. The molecule has 0 bridgehead atoms. The van der Waals surface area contributed by atoms with E-state index in [1.807, 2.05) is 0 Å². The summed E-state index contributed by atoms with van der Waals surface area (Å²) in [5, 5.41) is 44.2. The van der Waals surface area contributed by atoms with Gasteiger partial charge in [0, 0.05) is 18.6 Å². The highest BCUT2D eigenvalue weighted by atomic mass is 16.4. The Hall–Kier alpha value is -2.08. The fourth-order valence-corrected chi connectivity index (χ4v) is 1.92. The number of para-hydroxylation sites is 1. The molecule has 1 aromatic rings. The van der Waals surface area contributed by atoms with E-state index in [0.29, 0.717) is 18.4 Å². The first-order chi connectivity index (χ1) is 8.97. The molecule has 6 heteroatoms. The van der Waals surface area contributed by atoms with Gasteiger partial charge in [0.15, 0.2) is 11.5 Å². The summed E-state index contributed by atoms with van der Waals surface area (Å²) in [6.45, 7) is -0.0590. The maximum absolute atomic E-state index is 10.7. The Labute approximate surface area is 110 Å². The van der Waals surface area contributed by atoms with Gasteiger partial charge in [-0.2, -0.15) is 0 Å². The van der Waals surface area contributed by atoms with Crippen LogP contribution in [0.3, 0.4) is 0 Å². The number of nitrogens with one attached hydrogen (secondary N) is 1. The van der Waals surface area contributed by atoms with Gasteiger partial charge in [-0.1, -0.05) is 12.1 Å². The van der Waals surface area contributed by atoms with Gasteiger partial charge in [-0.3, -0.25) is 5.41 Å². The van der Waals surface area contributed by atoms with Gasteiger partial charge in [-0.15, -0.1) is 0 Å². The van der Waals surface area contributed by atoms with Crippen LogP contribution in [0.4, 0.5) is 0 Å². The lowest BCUT2D eigenvalue weighted by Gasteiger charge is -2.18. The number of aliphatic carboxylic acids is 1. The Morgan fingerprint density at radius 3 is 2.58 bits per heavy atom. The molecule has 1 atom stereocenters. The lowest BCUT2D eigenvalue weighted by atomic mass is 9.88. The second kappa shape index (κ2) is 6.75. The number of aromatic hydroxyl groups is 2. The first-order valence-electron chi connectivity index (χ1n) is 5.89. The third-order valence-electron chi connectivity index (χ3n) is 2.91. The Bertz CT molecular complexity index is 472. The molecule has 0 fully saturated rings. The molecule has 0 saturated carbocycles. The number of phenolic OH excluding ortho intramolecular Hbond substituents is 2. The molecular formula is C13H17NO5. The minimum absolute atomic E-state index is 0.0590. The van der Waals surface area contributed by atoms with E-state index in [0.717, 1.165) is 0 Å². The monoisotopic (exact) mass is 267 g/mol. The van der Waals surface area contributed by atoms with Crippen molar-refractivity contribution in [2.45, 2.75) is 25.2 Å². The molecule has 6 nitrogen and oxygen atoms in total. The van der Waals surface area contributed by atoms with Crippen molar-refractivity contribution in [2.75, 3.05) is 6.61 Å². The van der Waals surface area contributed by atoms with Crippen molar-refractivity contribution in [1.29, 1.82) is 5.41 Å². The number of benzene rings is 1. The highest BCUT2D eigenvalue weighted by Crippen LogP contribution is 2.37. The highest BCUT2D eigenvalue weighted by Gasteiger charge is 2.21. The van der Waals surface area contributed by atoms with Crippen LogP contribution in [-0.2, 0) is 4.79 Å². The van der Waals surface area contributed by atoms with Crippen molar-refractivity contribution in [3.8, 4) is 11.5 Å². The summed E-state index contributed by atoms with van der Waals surface area (Å²) >= 11 is 0. The summed E-state index contributed by atoms with van der Waals surface area (Å²) in [6, 6.07) is 4.44. The number of carboxylic acids is 1. The van der Waals surface area contributed by atoms with E-state index in [1.165, 1.54) is 6.07 Å². The van der Waals surface area contributed by atoms with E-state index < -0.39 is 17.6 Å². The van der Waals surface area contributed by atoms with Crippen LogP contribution < -0.4 is 0 Å². The van der Waals surface area contributed by atoms with Crippen molar-refractivity contribution >= 4 is 11.7 Å². The van der Waals surface area contributed by atoms with Crippen molar-refractivity contribution < 1.29 is 25.2 Å². The number of aliphatic hydroxyl groups excluding tert-OH is 1. The fraction of sp³-hybridized carbons (Fsp3) is 0.385. The summed E-state index contributed by atoms with van der Waals surface area (Å²) < 4.78 is 0. The normalized spacial score (nSPS) is 12.1. The van der Waals surface area contributed by atoms with Crippen LogP contribution in [0.25, 0.3) is 0 Å². The molecule has 104 valence electrons. The van der Waals surface area contributed by atoms with E-state index in [9.17, 15) is 15.0 Å². The van der Waals surface area contributed by atoms with E-state index in [4.69, 9.17) is 15.6 Å². The number of rotatable bonds is 7. The smallest absolute Gasteiger partial charge is 0.349 e. The zero-order chi connectivity index (χ0) is 14.4. The number of hydrogen-bond acceptors (Lipinski definition) is 5. The van der Waals surface area contributed by atoms with Crippen molar-refractivity contribution in [3.05, 3.63) is 23.8 Å². The summed E-state index contributed by atoms with van der Waals surface area (Å²) in [7, 11) is 0. The van der Waals surface area contributed by atoms with Gasteiger partial charge in [-0.05, 0) is 24.8 Å². The molecule has 1 unspecified atom stereocenters. The SMILES string of the molecule is N=C(CC(CCCO)c1cccc(O)c1O)C(=O)O. The van der Waals surface area contributed by atoms with Gasteiger partial charge >= 0.3 is 5.97 Å². The molecular weight excluding hydrogens is 250 g/mol. The minimum atomic E-state index is -1.31. The van der Waals surface area contributed by atoms with Gasteiger partial charge in [0.25, 0.3) is 0 Å². The zero-order valence-electron chi connectivity index (χ0n) is 10.3. The largest absolute Gasteiger partial charge is 0.504 e. The number of aliphatic hydroxyl groups is 1. The Balaban J connectivity index is 2.98. The molecule has 0 aliphatic heterocycles. The third kappa shape index (κ3) is 3.96. The molecule has 1 rings (SSSR count). The quantitative estimate of drug-likeness (QED) is 0.378. The number of hydrogen-bond donors (Lipinski definition) is 5. The van der Waals surface area contributed by atoms with E-state index in [2.05, 4.69) is 0 Å². The topological polar surface area (TPSA) is 122 Å². The van der Waals surface area contributed by atoms with Crippen LogP contribution in [0.2, 0.25) is 0 Å². The molecule has 0 amide bonds. The fourth-order valence-electron chi connectivity index (χ4n) is 1.92. The van der Waals surface area contributed by atoms with Crippen molar-refractivity contribution in [1.82, 2.24) is 0 Å². The van der Waals surface area contributed by atoms with Crippen LogP contribution in [0.5, 0.6) is 11.5 Å². The Kier molecular flexibility index (Phi) is 5.32. The van der Waals surface area contributed by atoms with Crippen LogP contribution in [0.15, 0.2) is 18.2 Å². The maximum Gasteiger partial charge on any atom is 0.349 e.